The van der Waals surface area contributed by atoms with Gasteiger partial charge in [-0.2, -0.15) is 5.26 Å². The molecule has 0 spiro atoms. The second-order valence-corrected chi connectivity index (χ2v) is 6.47. The molecule has 20 heavy (non-hydrogen) atoms. The number of hydrogen-bond donors (Lipinski definition) is 0. The second-order valence-electron chi connectivity index (χ2n) is 5.56. The summed E-state index contributed by atoms with van der Waals surface area (Å²) in [6.07, 6.45) is 0.181. The number of halogens is 1. The molecule has 0 aromatic heterocycles. The van der Waals surface area contributed by atoms with Crippen molar-refractivity contribution in [1.82, 2.24) is 0 Å². The van der Waals surface area contributed by atoms with Gasteiger partial charge >= 0.3 is 0 Å². The van der Waals surface area contributed by atoms with Gasteiger partial charge in [0.25, 0.3) is 0 Å². The first-order valence-corrected chi connectivity index (χ1v) is 7.17. The monoisotopic (exact) mass is 334 g/mol. The summed E-state index contributed by atoms with van der Waals surface area (Å²) in [5, 5.41) is 9.17. The van der Waals surface area contributed by atoms with E-state index >= 15 is 0 Å². The molecule has 0 saturated carbocycles. The number of hydrogen-bond acceptors (Lipinski definition) is 3. The van der Waals surface area contributed by atoms with Crippen LogP contribution in [0, 0.1) is 22.7 Å². The molecule has 104 valence electrons. The van der Waals surface area contributed by atoms with Gasteiger partial charge in [0.15, 0.2) is 0 Å². The van der Waals surface area contributed by atoms with Crippen LogP contribution in [-0.4, -0.2) is 11.8 Å². The Morgan fingerprint density at radius 2 is 2.05 bits per heavy atom. The highest BCUT2D eigenvalue weighted by atomic mass is 79.9. The van der Waals surface area contributed by atoms with Gasteiger partial charge < -0.3 is 0 Å². The van der Waals surface area contributed by atoms with Gasteiger partial charge in [-0.05, 0) is 31.0 Å². The molecule has 1 aromatic carbocycles. The predicted molar refractivity (Wildman–Crippen MR) is 78.9 cm³/mol. The van der Waals surface area contributed by atoms with Gasteiger partial charge in [-0.3, -0.25) is 9.59 Å². The van der Waals surface area contributed by atoms with Crippen molar-refractivity contribution in [2.45, 2.75) is 27.2 Å². The molecule has 5 heteroatoms. The molecule has 1 unspecified atom stereocenters. The summed E-state index contributed by atoms with van der Waals surface area (Å²) in [5.41, 5.74) is -0.0179. The molecular weight excluding hydrogens is 320 g/mol. The van der Waals surface area contributed by atoms with E-state index in [2.05, 4.69) is 15.9 Å². The molecule has 1 atom stereocenters. The number of carbonyl (C=O) groups is 2. The van der Waals surface area contributed by atoms with Gasteiger partial charge in [-0.1, -0.05) is 29.8 Å². The van der Waals surface area contributed by atoms with Crippen LogP contribution in [0.4, 0.5) is 5.69 Å². The summed E-state index contributed by atoms with van der Waals surface area (Å²) < 4.78 is 0.727. The van der Waals surface area contributed by atoms with Gasteiger partial charge in [-0.15, -0.1) is 0 Å². The van der Waals surface area contributed by atoms with Crippen LogP contribution in [0.3, 0.4) is 0 Å². The molecular formula is C15H15BrN2O2. The molecule has 0 bridgehead atoms. The lowest BCUT2D eigenvalue weighted by molar-refractivity contribution is -0.126. The predicted octanol–water partition coefficient (Wildman–Crippen LogP) is 3.25. The van der Waals surface area contributed by atoms with Gasteiger partial charge in [0.1, 0.15) is 6.07 Å². The summed E-state index contributed by atoms with van der Waals surface area (Å²) in [6, 6.07) is 6.99. The molecule has 2 amide bonds. The van der Waals surface area contributed by atoms with Crippen LogP contribution in [0.5, 0.6) is 0 Å². The molecule has 1 heterocycles. The van der Waals surface area contributed by atoms with Crippen LogP contribution in [0.2, 0.25) is 0 Å². The molecule has 0 N–H and O–H groups in total. The average Bonchev–Trinajstić information content (AvgIpc) is 2.61. The van der Waals surface area contributed by atoms with Gasteiger partial charge in [0.2, 0.25) is 11.8 Å². The van der Waals surface area contributed by atoms with Crippen LogP contribution in [-0.2, 0) is 9.59 Å². The third kappa shape index (κ3) is 2.14. The Hall–Kier alpha value is -1.67. The fourth-order valence-corrected chi connectivity index (χ4v) is 2.67. The van der Waals surface area contributed by atoms with E-state index in [0.717, 1.165) is 9.37 Å². The smallest absolute Gasteiger partial charge is 0.240 e. The Balaban J connectivity index is 2.55. The summed E-state index contributed by atoms with van der Waals surface area (Å²) in [4.78, 5) is 26.1. The number of nitriles is 1. The van der Waals surface area contributed by atoms with E-state index < -0.39 is 5.41 Å². The summed E-state index contributed by atoms with van der Waals surface area (Å²) in [6.45, 7) is 5.67. The molecule has 1 saturated heterocycles. The van der Waals surface area contributed by atoms with Crippen LogP contribution >= 0.6 is 15.9 Å². The molecule has 4 nitrogen and oxygen atoms in total. The fourth-order valence-electron chi connectivity index (χ4n) is 2.32. The third-order valence-electron chi connectivity index (χ3n) is 4.05. The van der Waals surface area contributed by atoms with Gasteiger partial charge in [-0.25, -0.2) is 4.90 Å². The Labute approximate surface area is 126 Å². The lowest BCUT2D eigenvalue weighted by atomic mass is 9.78. The average molecular weight is 335 g/mol. The van der Waals surface area contributed by atoms with E-state index in [9.17, 15) is 9.59 Å². The quantitative estimate of drug-likeness (QED) is 0.780. The molecule has 1 aliphatic heterocycles. The number of carbonyl (C=O) groups excluding carboxylic acids is 2. The summed E-state index contributed by atoms with van der Waals surface area (Å²) in [7, 11) is 0. The molecule has 2 rings (SSSR count). The standard InChI is InChI=1S/C15H15BrN2O2/c1-9(2)15(3)7-13(19)18(14(15)20)12-6-11(16)5-4-10(12)8-17/h4-6,9H,7H2,1-3H3. The van der Waals surface area contributed by atoms with E-state index in [0.29, 0.717) is 11.3 Å². The molecule has 1 fully saturated rings. The third-order valence-corrected chi connectivity index (χ3v) is 4.55. The van der Waals surface area contributed by atoms with Crippen molar-refractivity contribution in [3.8, 4) is 6.07 Å². The van der Waals surface area contributed by atoms with E-state index in [4.69, 9.17) is 5.26 Å². The van der Waals surface area contributed by atoms with Crippen LogP contribution in [0.25, 0.3) is 0 Å². The maximum atomic E-state index is 12.6. The van der Waals surface area contributed by atoms with Crippen molar-refractivity contribution < 1.29 is 9.59 Å². The second kappa shape index (κ2) is 5.02. The SMILES string of the molecule is CC(C)C1(C)CC(=O)N(c2cc(Br)ccc2C#N)C1=O. The summed E-state index contributed by atoms with van der Waals surface area (Å²) >= 11 is 3.31. The van der Waals surface area contributed by atoms with Crippen molar-refractivity contribution in [3.63, 3.8) is 0 Å². The lowest BCUT2D eigenvalue weighted by Gasteiger charge is -2.26. The first kappa shape index (κ1) is 14.7. The molecule has 1 aliphatic rings. The number of benzene rings is 1. The number of anilines is 1. The molecule has 0 radical (unpaired) electrons. The van der Waals surface area contributed by atoms with Crippen LogP contribution in [0.1, 0.15) is 32.8 Å². The fraction of sp³-hybridized carbons (Fsp3) is 0.400. The number of nitrogens with zero attached hydrogens (tertiary/aromatic N) is 2. The lowest BCUT2D eigenvalue weighted by Crippen LogP contribution is -2.37. The zero-order valence-electron chi connectivity index (χ0n) is 11.6. The van der Waals surface area contributed by atoms with E-state index in [1.54, 1.807) is 18.2 Å². The number of imide groups is 1. The topological polar surface area (TPSA) is 61.2 Å². The van der Waals surface area contributed by atoms with E-state index in [1.807, 2.05) is 26.8 Å². The van der Waals surface area contributed by atoms with Crippen molar-refractivity contribution in [1.29, 1.82) is 5.26 Å². The number of amides is 2. The Morgan fingerprint density at radius 3 is 2.55 bits per heavy atom. The van der Waals surface area contributed by atoms with Crippen LogP contribution in [0.15, 0.2) is 22.7 Å². The summed E-state index contributed by atoms with van der Waals surface area (Å²) in [5.74, 6) is -0.422. The number of rotatable bonds is 2. The largest absolute Gasteiger partial charge is 0.274 e. The van der Waals surface area contributed by atoms with Crippen molar-refractivity contribution in [2.24, 2.45) is 11.3 Å². The minimum atomic E-state index is -0.702. The van der Waals surface area contributed by atoms with Crippen LogP contribution < -0.4 is 4.90 Å². The van der Waals surface area contributed by atoms with Gasteiger partial charge in [0, 0.05) is 10.9 Å². The van der Waals surface area contributed by atoms with Crippen molar-refractivity contribution in [3.05, 3.63) is 28.2 Å². The van der Waals surface area contributed by atoms with E-state index in [1.165, 1.54) is 0 Å². The first-order chi connectivity index (χ1) is 9.31. The molecule has 1 aromatic rings. The van der Waals surface area contributed by atoms with Gasteiger partial charge in [0.05, 0.1) is 16.7 Å². The zero-order chi connectivity index (χ0) is 15.1. The highest BCUT2D eigenvalue weighted by molar-refractivity contribution is 9.10. The first-order valence-electron chi connectivity index (χ1n) is 6.38. The van der Waals surface area contributed by atoms with Crippen molar-refractivity contribution >= 4 is 33.4 Å². The minimum absolute atomic E-state index is 0.0571. The zero-order valence-corrected chi connectivity index (χ0v) is 13.2. The maximum Gasteiger partial charge on any atom is 0.240 e. The normalized spacial score (nSPS) is 22.5. The van der Waals surface area contributed by atoms with Crippen molar-refractivity contribution in [2.75, 3.05) is 4.90 Å². The van der Waals surface area contributed by atoms with E-state index in [-0.39, 0.29) is 24.2 Å². The highest BCUT2D eigenvalue weighted by Gasteiger charge is 2.51. The Kier molecular flexibility index (Phi) is 3.70. The highest BCUT2D eigenvalue weighted by Crippen LogP contribution is 2.42. The minimum Gasteiger partial charge on any atom is -0.274 e. The Bertz CT molecular complexity index is 633. The Morgan fingerprint density at radius 1 is 1.40 bits per heavy atom. The molecule has 0 aliphatic carbocycles. The maximum absolute atomic E-state index is 12.6.